The van der Waals surface area contributed by atoms with Gasteiger partial charge in [-0.2, -0.15) is 10.2 Å². The van der Waals surface area contributed by atoms with Gasteiger partial charge in [0.25, 0.3) is 11.5 Å². The zero-order valence-electron chi connectivity index (χ0n) is 19.0. The zero-order valence-corrected chi connectivity index (χ0v) is 19.8. The predicted molar refractivity (Wildman–Crippen MR) is 134 cm³/mol. The molecule has 1 amide bonds. The van der Waals surface area contributed by atoms with Gasteiger partial charge in [0.15, 0.2) is 10.8 Å². The van der Waals surface area contributed by atoms with Crippen molar-refractivity contribution in [2.24, 2.45) is 7.05 Å². The summed E-state index contributed by atoms with van der Waals surface area (Å²) in [7, 11) is 1.80. The second kappa shape index (κ2) is 8.76. The number of carbonyl (C=O) groups excluding carboxylic acids is 1. The summed E-state index contributed by atoms with van der Waals surface area (Å²) < 4.78 is 17.3. The number of para-hydroxylation sites is 1. The van der Waals surface area contributed by atoms with Crippen LogP contribution < -0.4 is 16.2 Å². The molecule has 0 saturated heterocycles. The van der Waals surface area contributed by atoms with E-state index in [9.17, 15) is 14.0 Å². The summed E-state index contributed by atoms with van der Waals surface area (Å²) >= 11 is 1.23. The number of rotatable bonds is 5. The Morgan fingerprint density at radius 2 is 1.94 bits per heavy atom. The van der Waals surface area contributed by atoms with Gasteiger partial charge in [-0.25, -0.2) is 14.5 Å². The Labute approximate surface area is 202 Å². The number of fused-ring (bicyclic) bond motifs is 1. The Kier molecular flexibility index (Phi) is 5.61. The zero-order chi connectivity index (χ0) is 24.7. The van der Waals surface area contributed by atoms with Crippen molar-refractivity contribution >= 4 is 44.7 Å². The Morgan fingerprint density at radius 3 is 2.69 bits per heavy atom. The minimum Gasteiger partial charge on any atom is -0.334 e. The summed E-state index contributed by atoms with van der Waals surface area (Å²) in [6.45, 7) is 3.57. The van der Waals surface area contributed by atoms with Crippen molar-refractivity contribution in [2.45, 2.75) is 13.8 Å². The van der Waals surface area contributed by atoms with Crippen LogP contribution in [0.4, 0.5) is 21.6 Å². The fourth-order valence-electron chi connectivity index (χ4n) is 3.64. The third-order valence-corrected chi connectivity index (χ3v) is 6.63. The topological polar surface area (TPSA) is 118 Å². The van der Waals surface area contributed by atoms with Crippen molar-refractivity contribution in [3.05, 3.63) is 81.0 Å². The lowest BCUT2D eigenvalue weighted by Gasteiger charge is -2.13. The van der Waals surface area contributed by atoms with Gasteiger partial charge in [0.05, 0.1) is 21.6 Å². The number of aromatic amines is 1. The monoisotopic (exact) mass is 489 g/mol. The van der Waals surface area contributed by atoms with Crippen LogP contribution in [0.1, 0.15) is 21.1 Å². The second-order valence-electron chi connectivity index (χ2n) is 7.95. The fourth-order valence-corrected chi connectivity index (χ4v) is 4.50. The van der Waals surface area contributed by atoms with Crippen molar-refractivity contribution in [1.82, 2.24) is 25.0 Å². The van der Waals surface area contributed by atoms with Crippen LogP contribution >= 0.6 is 11.3 Å². The van der Waals surface area contributed by atoms with Crippen molar-refractivity contribution < 1.29 is 9.18 Å². The van der Waals surface area contributed by atoms with E-state index in [1.165, 1.54) is 17.4 Å². The van der Waals surface area contributed by atoms with E-state index in [0.29, 0.717) is 28.2 Å². The minimum atomic E-state index is -0.590. The molecule has 3 aromatic heterocycles. The van der Waals surface area contributed by atoms with Gasteiger partial charge in [-0.3, -0.25) is 14.3 Å². The molecule has 3 N–H and O–H groups in total. The number of carbonyl (C=O) groups is 1. The molecule has 0 atom stereocenters. The maximum absolute atomic E-state index is 14.8. The van der Waals surface area contributed by atoms with Crippen LogP contribution in [0.3, 0.4) is 0 Å². The van der Waals surface area contributed by atoms with Gasteiger partial charge in [0.1, 0.15) is 11.5 Å². The summed E-state index contributed by atoms with van der Waals surface area (Å²) in [5.41, 5.74) is 2.84. The third kappa shape index (κ3) is 4.28. The molecule has 5 aromatic rings. The van der Waals surface area contributed by atoms with Crippen molar-refractivity contribution in [2.75, 3.05) is 10.6 Å². The average Bonchev–Trinajstić information content (AvgIpc) is 3.41. The maximum Gasteiger partial charge on any atom is 0.287 e. The van der Waals surface area contributed by atoms with E-state index in [-0.39, 0.29) is 16.4 Å². The highest BCUT2D eigenvalue weighted by atomic mass is 32.1. The van der Waals surface area contributed by atoms with E-state index in [1.54, 1.807) is 36.9 Å². The Balaban J connectivity index is 1.47. The summed E-state index contributed by atoms with van der Waals surface area (Å²) in [4.78, 5) is 29.5. The molecular weight excluding hydrogens is 469 g/mol. The average molecular weight is 490 g/mol. The number of amides is 1. The SMILES string of the molecule is Cc1c(-c2cc(Nc3cc(C)n(C)n3)c(=O)[nH]n2)ccc(F)c1NC(=O)c1nc2ccccc2s1. The van der Waals surface area contributed by atoms with Gasteiger partial charge in [-0.1, -0.05) is 12.1 Å². The van der Waals surface area contributed by atoms with Gasteiger partial charge in [-0.15, -0.1) is 11.3 Å². The molecule has 0 fully saturated rings. The smallest absolute Gasteiger partial charge is 0.287 e. The van der Waals surface area contributed by atoms with Crippen molar-refractivity contribution in [3.63, 3.8) is 0 Å². The predicted octanol–water partition coefficient (Wildman–Crippen LogP) is 4.53. The fraction of sp³-hybridized carbons (Fsp3) is 0.125. The first kappa shape index (κ1) is 22.4. The molecule has 35 heavy (non-hydrogen) atoms. The lowest BCUT2D eigenvalue weighted by molar-refractivity contribution is 0.102. The normalized spacial score (nSPS) is 11.1. The number of thiazole rings is 1. The lowest BCUT2D eigenvalue weighted by atomic mass is 10.0. The molecule has 0 radical (unpaired) electrons. The van der Waals surface area contributed by atoms with Gasteiger partial charge in [0, 0.05) is 24.4 Å². The Morgan fingerprint density at radius 1 is 1.14 bits per heavy atom. The quantitative estimate of drug-likeness (QED) is 0.334. The highest BCUT2D eigenvalue weighted by molar-refractivity contribution is 7.20. The highest BCUT2D eigenvalue weighted by Gasteiger charge is 2.19. The minimum absolute atomic E-state index is 0.0228. The van der Waals surface area contributed by atoms with Crippen LogP contribution in [0.5, 0.6) is 0 Å². The number of nitrogens with zero attached hydrogens (tertiary/aromatic N) is 4. The molecule has 5 rings (SSSR count). The van der Waals surface area contributed by atoms with Crippen LogP contribution in [-0.4, -0.2) is 30.9 Å². The standard InChI is InChI=1S/C24H20FN7O2S/c1-12-10-20(31-32(12)3)26-18-11-17(29-30-22(18)33)14-8-9-15(25)21(13(14)2)28-23(34)24-27-16-6-4-5-7-19(16)35-24/h4-11H,1-3H3,(H,28,34)(H,30,33)(H,26,29,31). The van der Waals surface area contributed by atoms with Crippen LogP contribution in [0.15, 0.2) is 53.3 Å². The summed E-state index contributed by atoms with van der Waals surface area (Å²) in [6, 6.07) is 13.5. The highest BCUT2D eigenvalue weighted by Crippen LogP contribution is 2.31. The maximum atomic E-state index is 14.8. The summed E-state index contributed by atoms with van der Waals surface area (Å²) in [5, 5.41) is 16.7. The van der Waals surface area contributed by atoms with Crippen LogP contribution in [0.25, 0.3) is 21.5 Å². The number of halogens is 1. The molecule has 0 aliphatic rings. The van der Waals surface area contributed by atoms with E-state index in [0.717, 1.165) is 10.4 Å². The molecule has 0 unspecified atom stereocenters. The molecule has 3 heterocycles. The first-order valence-corrected chi connectivity index (χ1v) is 11.5. The number of aromatic nitrogens is 5. The number of hydrogen-bond donors (Lipinski definition) is 3. The Bertz CT molecular complexity index is 1600. The Hall–Kier alpha value is -4.38. The van der Waals surface area contributed by atoms with Gasteiger partial charge < -0.3 is 10.6 Å². The van der Waals surface area contributed by atoms with Crippen LogP contribution in [0, 0.1) is 19.7 Å². The molecule has 9 nitrogen and oxygen atoms in total. The second-order valence-corrected chi connectivity index (χ2v) is 8.98. The molecule has 176 valence electrons. The van der Waals surface area contributed by atoms with E-state index >= 15 is 0 Å². The molecular formula is C24H20FN7O2S. The van der Waals surface area contributed by atoms with E-state index < -0.39 is 17.3 Å². The number of aryl methyl sites for hydroxylation is 2. The number of nitrogens with one attached hydrogen (secondary N) is 3. The largest absolute Gasteiger partial charge is 0.334 e. The van der Waals surface area contributed by atoms with Gasteiger partial charge >= 0.3 is 0 Å². The van der Waals surface area contributed by atoms with Gasteiger partial charge in [0.2, 0.25) is 0 Å². The van der Waals surface area contributed by atoms with Crippen LogP contribution in [0.2, 0.25) is 0 Å². The number of hydrogen-bond acceptors (Lipinski definition) is 7. The van der Waals surface area contributed by atoms with E-state index in [2.05, 4.69) is 30.9 Å². The molecule has 0 saturated carbocycles. The number of H-pyrrole nitrogens is 1. The van der Waals surface area contributed by atoms with E-state index in [4.69, 9.17) is 0 Å². The summed E-state index contributed by atoms with van der Waals surface area (Å²) in [6.07, 6.45) is 0. The van der Waals surface area contributed by atoms with Gasteiger partial charge in [-0.05, 0) is 49.7 Å². The number of benzene rings is 2. The van der Waals surface area contributed by atoms with Crippen LogP contribution in [-0.2, 0) is 7.05 Å². The molecule has 2 aromatic carbocycles. The molecule has 0 aliphatic carbocycles. The molecule has 11 heteroatoms. The third-order valence-electron chi connectivity index (χ3n) is 5.60. The van der Waals surface area contributed by atoms with Crippen molar-refractivity contribution in [1.29, 1.82) is 0 Å². The molecule has 0 spiro atoms. The first-order valence-electron chi connectivity index (χ1n) is 10.6. The van der Waals surface area contributed by atoms with E-state index in [1.807, 2.05) is 31.2 Å². The first-order chi connectivity index (χ1) is 16.8. The van der Waals surface area contributed by atoms with Crippen molar-refractivity contribution in [3.8, 4) is 11.3 Å². The lowest BCUT2D eigenvalue weighted by Crippen LogP contribution is -2.15. The summed E-state index contributed by atoms with van der Waals surface area (Å²) in [5.74, 6) is -0.590. The number of anilines is 3. The molecule has 0 aliphatic heterocycles. The molecule has 0 bridgehead atoms.